The summed E-state index contributed by atoms with van der Waals surface area (Å²) in [7, 11) is 0. The summed E-state index contributed by atoms with van der Waals surface area (Å²) in [4.78, 5) is 0. The average molecular weight is 310 g/mol. The highest BCUT2D eigenvalue weighted by molar-refractivity contribution is 9.10. The van der Waals surface area contributed by atoms with Crippen LogP contribution in [0, 0.1) is 0 Å². The molecule has 0 spiro atoms. The van der Waals surface area contributed by atoms with E-state index < -0.39 is 0 Å². The van der Waals surface area contributed by atoms with Crippen LogP contribution in [0.1, 0.15) is 11.1 Å². The highest BCUT2D eigenvalue weighted by atomic mass is 79.9. The molecule has 0 fully saturated rings. The Hall–Kier alpha value is -0.840. The van der Waals surface area contributed by atoms with Crippen LogP contribution in [-0.4, -0.2) is 6.61 Å². The summed E-state index contributed by atoms with van der Waals surface area (Å²) in [6.07, 6.45) is 0.984. The molecule has 1 aromatic heterocycles. The van der Waals surface area contributed by atoms with Gasteiger partial charge in [-0.25, -0.2) is 0 Å². The van der Waals surface area contributed by atoms with Crippen molar-refractivity contribution in [3.63, 3.8) is 0 Å². The Kier molecular flexibility index (Phi) is 2.94. The third-order valence-corrected chi connectivity index (χ3v) is 4.71. The van der Waals surface area contributed by atoms with Crippen LogP contribution >= 0.6 is 27.3 Å². The number of hydrogen-bond acceptors (Lipinski definition) is 3. The van der Waals surface area contributed by atoms with Crippen LogP contribution in [0.2, 0.25) is 0 Å². The number of ether oxygens (including phenoxy) is 1. The van der Waals surface area contributed by atoms with Crippen LogP contribution in [0.4, 0.5) is 0 Å². The van der Waals surface area contributed by atoms with E-state index in [1.54, 1.807) is 11.3 Å². The predicted octanol–water partition coefficient (Wildman–Crippen LogP) is 3.57. The van der Waals surface area contributed by atoms with Gasteiger partial charge in [0, 0.05) is 33.9 Å². The van der Waals surface area contributed by atoms with Gasteiger partial charge in [-0.1, -0.05) is 0 Å². The van der Waals surface area contributed by atoms with Crippen molar-refractivity contribution in [2.45, 2.75) is 13.0 Å². The molecule has 3 rings (SSSR count). The Morgan fingerprint density at radius 1 is 1.35 bits per heavy atom. The van der Waals surface area contributed by atoms with Gasteiger partial charge in [-0.05, 0) is 44.6 Å². The molecular weight excluding hydrogens is 298 g/mol. The fourth-order valence-corrected chi connectivity index (χ4v) is 3.72. The van der Waals surface area contributed by atoms with Crippen LogP contribution in [-0.2, 0) is 13.0 Å². The Morgan fingerprint density at radius 2 is 2.24 bits per heavy atom. The molecule has 88 valence electrons. The van der Waals surface area contributed by atoms with Crippen molar-refractivity contribution in [2.24, 2.45) is 5.73 Å². The van der Waals surface area contributed by atoms with E-state index in [4.69, 9.17) is 10.5 Å². The Balaban J connectivity index is 2.16. The van der Waals surface area contributed by atoms with Crippen LogP contribution in [0.5, 0.6) is 5.75 Å². The minimum absolute atomic E-state index is 0.526. The summed E-state index contributed by atoms with van der Waals surface area (Å²) in [6, 6.07) is 4.35. The molecule has 0 atom stereocenters. The molecule has 1 aliphatic heterocycles. The van der Waals surface area contributed by atoms with Gasteiger partial charge in [0.1, 0.15) is 5.75 Å². The normalized spacial score (nSPS) is 13.5. The molecule has 0 saturated heterocycles. The van der Waals surface area contributed by atoms with E-state index in [1.807, 2.05) is 0 Å². The molecule has 2 heterocycles. The number of thiophene rings is 1. The first kappa shape index (κ1) is 11.3. The molecule has 0 amide bonds. The molecule has 2 nitrogen and oxygen atoms in total. The SMILES string of the molecule is NCc1cc(-c2cscc2Br)cc2c1OCC2. The molecule has 1 aromatic carbocycles. The van der Waals surface area contributed by atoms with Crippen molar-refractivity contribution in [3.05, 3.63) is 38.5 Å². The summed E-state index contributed by atoms with van der Waals surface area (Å²) >= 11 is 5.28. The molecule has 0 saturated carbocycles. The number of benzene rings is 1. The number of fused-ring (bicyclic) bond motifs is 1. The molecular formula is C13H12BrNOS. The maximum atomic E-state index is 5.79. The Bertz CT molecular complexity index is 565. The fourth-order valence-electron chi connectivity index (χ4n) is 2.18. The van der Waals surface area contributed by atoms with Crippen molar-refractivity contribution >= 4 is 27.3 Å². The van der Waals surface area contributed by atoms with Gasteiger partial charge < -0.3 is 10.5 Å². The van der Waals surface area contributed by atoms with E-state index >= 15 is 0 Å². The highest BCUT2D eigenvalue weighted by Crippen LogP contribution is 2.38. The quantitative estimate of drug-likeness (QED) is 0.920. The summed E-state index contributed by atoms with van der Waals surface area (Å²) in [5.74, 6) is 1.00. The van der Waals surface area contributed by atoms with Gasteiger partial charge in [0.25, 0.3) is 0 Å². The smallest absolute Gasteiger partial charge is 0.127 e. The lowest BCUT2D eigenvalue weighted by molar-refractivity contribution is 0.353. The van der Waals surface area contributed by atoms with E-state index in [-0.39, 0.29) is 0 Å². The van der Waals surface area contributed by atoms with Gasteiger partial charge in [0.15, 0.2) is 0 Å². The first-order valence-corrected chi connectivity index (χ1v) is 7.24. The standard InChI is InChI=1S/C13H12BrNOS/c14-12-7-17-6-11(12)9-3-8-1-2-16-13(8)10(4-9)5-15/h3-4,6-7H,1-2,5,15H2. The zero-order chi connectivity index (χ0) is 11.8. The maximum absolute atomic E-state index is 5.79. The summed E-state index contributed by atoms with van der Waals surface area (Å²) in [5, 5.41) is 4.25. The van der Waals surface area contributed by atoms with E-state index in [2.05, 4.69) is 38.8 Å². The van der Waals surface area contributed by atoms with Crippen LogP contribution in [0.15, 0.2) is 27.4 Å². The van der Waals surface area contributed by atoms with Crippen LogP contribution in [0.3, 0.4) is 0 Å². The third kappa shape index (κ3) is 1.90. The first-order chi connectivity index (χ1) is 8.29. The van der Waals surface area contributed by atoms with E-state index in [0.29, 0.717) is 6.54 Å². The minimum atomic E-state index is 0.526. The molecule has 0 aliphatic carbocycles. The van der Waals surface area contributed by atoms with Crippen LogP contribution < -0.4 is 10.5 Å². The van der Waals surface area contributed by atoms with E-state index in [0.717, 1.165) is 28.8 Å². The summed E-state index contributed by atoms with van der Waals surface area (Å²) < 4.78 is 6.78. The maximum Gasteiger partial charge on any atom is 0.127 e. The third-order valence-electron chi connectivity index (χ3n) is 3.01. The molecule has 2 N–H and O–H groups in total. The van der Waals surface area contributed by atoms with Gasteiger partial charge in [-0.3, -0.25) is 0 Å². The molecule has 1 aliphatic rings. The van der Waals surface area contributed by atoms with Gasteiger partial charge in [0.2, 0.25) is 0 Å². The number of rotatable bonds is 2. The van der Waals surface area contributed by atoms with Crippen LogP contribution in [0.25, 0.3) is 11.1 Å². The number of nitrogens with two attached hydrogens (primary N) is 1. The Labute approximate surface area is 113 Å². The lowest BCUT2D eigenvalue weighted by atomic mass is 10.00. The van der Waals surface area contributed by atoms with Gasteiger partial charge in [-0.15, -0.1) is 0 Å². The molecule has 4 heteroatoms. The largest absolute Gasteiger partial charge is 0.493 e. The predicted molar refractivity (Wildman–Crippen MR) is 74.5 cm³/mol. The van der Waals surface area contributed by atoms with E-state index in [1.165, 1.54) is 16.7 Å². The first-order valence-electron chi connectivity index (χ1n) is 5.50. The molecule has 2 aromatic rings. The van der Waals surface area contributed by atoms with Gasteiger partial charge >= 0.3 is 0 Å². The van der Waals surface area contributed by atoms with Gasteiger partial charge in [-0.2, -0.15) is 11.3 Å². The minimum Gasteiger partial charge on any atom is -0.493 e. The molecule has 0 bridgehead atoms. The van der Waals surface area contributed by atoms with Crippen molar-refractivity contribution in [3.8, 4) is 16.9 Å². The summed E-state index contributed by atoms with van der Waals surface area (Å²) in [5.41, 5.74) is 10.6. The zero-order valence-corrected chi connectivity index (χ0v) is 11.6. The topological polar surface area (TPSA) is 35.2 Å². The van der Waals surface area contributed by atoms with Crippen molar-refractivity contribution in [1.29, 1.82) is 0 Å². The monoisotopic (exact) mass is 309 g/mol. The zero-order valence-electron chi connectivity index (χ0n) is 9.20. The lowest BCUT2D eigenvalue weighted by Gasteiger charge is -2.09. The second-order valence-corrected chi connectivity index (χ2v) is 5.66. The van der Waals surface area contributed by atoms with Crippen molar-refractivity contribution in [2.75, 3.05) is 6.61 Å². The Morgan fingerprint density at radius 3 is 2.94 bits per heavy atom. The molecule has 0 radical (unpaired) electrons. The average Bonchev–Trinajstić information content (AvgIpc) is 2.95. The summed E-state index contributed by atoms with van der Waals surface area (Å²) in [6.45, 7) is 1.30. The fraction of sp³-hybridized carbons (Fsp3) is 0.231. The van der Waals surface area contributed by atoms with Crippen molar-refractivity contribution < 1.29 is 4.74 Å². The second-order valence-electron chi connectivity index (χ2n) is 4.06. The second kappa shape index (κ2) is 4.44. The van der Waals surface area contributed by atoms with Crippen molar-refractivity contribution in [1.82, 2.24) is 0 Å². The van der Waals surface area contributed by atoms with Gasteiger partial charge in [0.05, 0.1) is 6.61 Å². The highest BCUT2D eigenvalue weighted by Gasteiger charge is 2.18. The number of hydrogen-bond donors (Lipinski definition) is 1. The lowest BCUT2D eigenvalue weighted by Crippen LogP contribution is -2.00. The van der Waals surface area contributed by atoms with E-state index in [9.17, 15) is 0 Å². The molecule has 0 unspecified atom stereocenters. The number of halogens is 1. The molecule has 17 heavy (non-hydrogen) atoms.